The second-order valence-electron chi connectivity index (χ2n) is 10.7. The van der Waals surface area contributed by atoms with Gasteiger partial charge in [-0.15, -0.1) is 11.8 Å². The van der Waals surface area contributed by atoms with Crippen molar-refractivity contribution in [2.24, 2.45) is 0 Å². The van der Waals surface area contributed by atoms with Crippen LogP contribution in [0.2, 0.25) is 5.02 Å². The van der Waals surface area contributed by atoms with Gasteiger partial charge in [0.05, 0.1) is 16.9 Å². The number of hydrogen-bond acceptors (Lipinski definition) is 6. The molecule has 42 heavy (non-hydrogen) atoms. The van der Waals surface area contributed by atoms with E-state index in [2.05, 4.69) is 10.0 Å². The Morgan fingerprint density at radius 3 is 2.45 bits per heavy atom. The molecule has 4 rings (SSSR count). The van der Waals surface area contributed by atoms with Crippen LogP contribution < -0.4 is 10.0 Å². The van der Waals surface area contributed by atoms with E-state index in [1.807, 2.05) is 45.0 Å². The van der Waals surface area contributed by atoms with E-state index in [0.29, 0.717) is 5.56 Å². The first kappa shape index (κ1) is 32.0. The minimum absolute atomic E-state index is 0.0414. The summed E-state index contributed by atoms with van der Waals surface area (Å²) in [6.07, 6.45) is -1.89. The molecule has 1 aliphatic heterocycles. The Morgan fingerprint density at radius 2 is 1.79 bits per heavy atom. The number of aliphatic hydroxyl groups is 1. The van der Waals surface area contributed by atoms with Gasteiger partial charge in [0.2, 0.25) is 15.9 Å². The number of benzene rings is 3. The fraction of sp³-hybridized carbons (Fsp3) is 0.333. The van der Waals surface area contributed by atoms with Gasteiger partial charge in [0, 0.05) is 11.3 Å². The molecule has 1 heterocycles. The summed E-state index contributed by atoms with van der Waals surface area (Å²) in [6.45, 7) is 5.89. The van der Waals surface area contributed by atoms with Crippen molar-refractivity contribution >= 4 is 45.2 Å². The molecular formula is C30H33ClFN3O5S2. The van der Waals surface area contributed by atoms with Crippen molar-refractivity contribution in [1.82, 2.24) is 14.9 Å². The summed E-state index contributed by atoms with van der Waals surface area (Å²) in [6, 6.07) is 17.0. The molecule has 0 aliphatic carbocycles. The van der Waals surface area contributed by atoms with Crippen LogP contribution in [0.3, 0.4) is 0 Å². The zero-order valence-corrected chi connectivity index (χ0v) is 25.8. The fourth-order valence-electron chi connectivity index (χ4n) is 4.88. The van der Waals surface area contributed by atoms with E-state index >= 15 is 0 Å². The Hall–Kier alpha value is -2.96. The number of hydrogen-bond donors (Lipinski definition) is 3. The van der Waals surface area contributed by atoms with Crippen LogP contribution in [0.1, 0.15) is 30.5 Å². The monoisotopic (exact) mass is 633 g/mol. The van der Waals surface area contributed by atoms with Crippen LogP contribution in [0.15, 0.2) is 77.7 Å². The van der Waals surface area contributed by atoms with Gasteiger partial charge in [-0.1, -0.05) is 66.2 Å². The van der Waals surface area contributed by atoms with Gasteiger partial charge < -0.3 is 15.3 Å². The predicted molar refractivity (Wildman–Crippen MR) is 162 cm³/mol. The van der Waals surface area contributed by atoms with Gasteiger partial charge in [-0.2, -0.15) is 0 Å². The number of halogens is 2. The first-order chi connectivity index (χ1) is 19.8. The average Bonchev–Trinajstić information content (AvgIpc) is 3.26. The lowest BCUT2D eigenvalue weighted by molar-refractivity contribution is -0.147. The van der Waals surface area contributed by atoms with E-state index < -0.39 is 49.6 Å². The lowest BCUT2D eigenvalue weighted by atomic mass is 9.97. The number of carbonyl (C=O) groups excluding carboxylic acids is 2. The lowest BCUT2D eigenvalue weighted by Crippen LogP contribution is -2.58. The zero-order chi connectivity index (χ0) is 30.7. The van der Waals surface area contributed by atoms with Crippen molar-refractivity contribution in [2.45, 2.75) is 61.6 Å². The number of sulfonamides is 1. The molecule has 0 bridgehead atoms. The highest BCUT2D eigenvalue weighted by Crippen LogP contribution is 2.40. The molecule has 8 nitrogen and oxygen atoms in total. The third-order valence-electron chi connectivity index (χ3n) is 7.21. The Balaban J connectivity index is 1.59. The molecule has 3 atom stereocenters. The molecule has 1 aliphatic rings. The summed E-state index contributed by atoms with van der Waals surface area (Å²) >= 11 is 7.41. The van der Waals surface area contributed by atoms with Gasteiger partial charge in [0.25, 0.3) is 5.91 Å². The molecule has 3 aromatic rings. The minimum Gasteiger partial charge on any atom is -0.382 e. The van der Waals surface area contributed by atoms with Crippen molar-refractivity contribution in [1.29, 1.82) is 0 Å². The van der Waals surface area contributed by atoms with Crippen molar-refractivity contribution < 1.29 is 27.5 Å². The van der Waals surface area contributed by atoms with Crippen LogP contribution in [0.25, 0.3) is 0 Å². The fourth-order valence-corrected chi connectivity index (χ4v) is 7.80. The first-order valence-electron chi connectivity index (χ1n) is 13.3. The third kappa shape index (κ3) is 7.33. The highest BCUT2D eigenvalue weighted by atomic mass is 35.5. The molecule has 1 saturated heterocycles. The number of thioether (sulfide) groups is 1. The van der Waals surface area contributed by atoms with Crippen LogP contribution in [-0.4, -0.2) is 59.1 Å². The maximum absolute atomic E-state index is 13.8. The molecule has 12 heteroatoms. The van der Waals surface area contributed by atoms with E-state index in [0.717, 1.165) is 29.3 Å². The van der Waals surface area contributed by atoms with Gasteiger partial charge in [-0.25, -0.2) is 17.5 Å². The maximum atomic E-state index is 13.8. The first-order valence-corrected chi connectivity index (χ1v) is 16.1. The summed E-state index contributed by atoms with van der Waals surface area (Å²) in [5.74, 6) is -1.76. The second-order valence-corrected chi connectivity index (χ2v) is 14.4. The molecule has 0 radical (unpaired) electrons. The molecule has 2 amide bonds. The number of rotatable bonds is 10. The van der Waals surface area contributed by atoms with Crippen LogP contribution in [-0.2, 0) is 32.6 Å². The number of carbonyl (C=O) groups is 2. The summed E-state index contributed by atoms with van der Waals surface area (Å²) in [7, 11) is -4.39. The third-order valence-corrected chi connectivity index (χ3v) is 10.6. The Kier molecular flexibility index (Phi) is 9.99. The normalized spacial score (nSPS) is 18.0. The average molecular weight is 634 g/mol. The summed E-state index contributed by atoms with van der Waals surface area (Å²) in [4.78, 5) is 28.2. The molecule has 0 saturated carbocycles. The summed E-state index contributed by atoms with van der Waals surface area (Å²) in [5, 5.41) is 14.0. The molecule has 1 fully saturated rings. The molecule has 0 spiro atoms. The van der Waals surface area contributed by atoms with Crippen molar-refractivity contribution in [3.63, 3.8) is 0 Å². The van der Waals surface area contributed by atoms with Crippen LogP contribution >= 0.6 is 23.4 Å². The maximum Gasteiger partial charge on any atom is 0.254 e. The molecular weight excluding hydrogens is 601 g/mol. The van der Waals surface area contributed by atoms with Crippen LogP contribution in [0, 0.1) is 12.7 Å². The number of nitrogens with one attached hydrogen (secondary N) is 2. The van der Waals surface area contributed by atoms with E-state index in [4.69, 9.17) is 11.6 Å². The number of aliphatic hydroxyl groups excluding tert-OH is 1. The van der Waals surface area contributed by atoms with Gasteiger partial charge in [0.15, 0.2) is 0 Å². The van der Waals surface area contributed by atoms with Gasteiger partial charge in [-0.05, 0) is 62.1 Å². The molecule has 0 aromatic heterocycles. The standard InChI is InChI=1S/C30H33ClFN3O5S2/c1-19-9-7-8-12-21(19)17-33-28(37)27-30(2,3)41-18-35(27)29(38)26(36)24(15-20-10-5-4-6-11-20)34-42(39,40)25-14-13-22(32)16-23(25)31/h4-14,16,24,26-27,34,36H,15,17-18H2,1-3H3,(H,33,37)/t24-,26-,27+/m0/s1. The zero-order valence-electron chi connectivity index (χ0n) is 23.4. The molecule has 0 unspecified atom stereocenters. The minimum atomic E-state index is -4.39. The van der Waals surface area contributed by atoms with Crippen molar-refractivity contribution in [3.8, 4) is 0 Å². The van der Waals surface area contributed by atoms with E-state index in [-0.39, 0.29) is 29.8 Å². The molecule has 224 valence electrons. The largest absolute Gasteiger partial charge is 0.382 e. The number of amides is 2. The van der Waals surface area contributed by atoms with E-state index in [9.17, 15) is 27.5 Å². The van der Waals surface area contributed by atoms with Crippen LogP contribution in [0.4, 0.5) is 4.39 Å². The Bertz CT molecular complexity index is 1560. The quantitative estimate of drug-likeness (QED) is 0.311. The van der Waals surface area contributed by atoms with Crippen molar-refractivity contribution in [3.05, 3.63) is 100 Å². The number of nitrogens with zero attached hydrogens (tertiary/aromatic N) is 1. The highest BCUT2D eigenvalue weighted by molar-refractivity contribution is 8.00. The predicted octanol–water partition coefficient (Wildman–Crippen LogP) is 4.03. The number of aryl methyl sites for hydroxylation is 1. The van der Waals surface area contributed by atoms with E-state index in [1.54, 1.807) is 30.3 Å². The summed E-state index contributed by atoms with van der Waals surface area (Å²) in [5.41, 5.74) is 2.61. The molecule has 3 N–H and O–H groups in total. The Labute approximate surface area is 254 Å². The highest BCUT2D eigenvalue weighted by Gasteiger charge is 2.50. The second kappa shape index (κ2) is 13.1. The molecule has 3 aromatic carbocycles. The van der Waals surface area contributed by atoms with Crippen molar-refractivity contribution in [2.75, 3.05) is 5.88 Å². The smallest absolute Gasteiger partial charge is 0.254 e. The van der Waals surface area contributed by atoms with Gasteiger partial charge in [-0.3, -0.25) is 9.59 Å². The van der Waals surface area contributed by atoms with E-state index in [1.165, 1.54) is 16.7 Å². The topological polar surface area (TPSA) is 116 Å². The van der Waals surface area contributed by atoms with Gasteiger partial charge >= 0.3 is 0 Å². The van der Waals surface area contributed by atoms with Crippen LogP contribution in [0.5, 0.6) is 0 Å². The van der Waals surface area contributed by atoms with Gasteiger partial charge in [0.1, 0.15) is 22.9 Å². The SMILES string of the molecule is Cc1ccccc1CNC(=O)[C@H]1N(C(=O)[C@@H](O)[C@H](Cc2ccccc2)NS(=O)(=O)c2ccc(F)cc2Cl)CSC1(C)C. The summed E-state index contributed by atoms with van der Waals surface area (Å²) < 4.78 is 42.0. The Morgan fingerprint density at radius 1 is 1.12 bits per heavy atom. The lowest BCUT2D eigenvalue weighted by Gasteiger charge is -2.33.